The molecule has 0 unspecified atom stereocenters. The van der Waals surface area contributed by atoms with Crippen molar-refractivity contribution in [2.24, 2.45) is 0 Å². The van der Waals surface area contributed by atoms with E-state index in [4.69, 9.17) is 5.11 Å². The van der Waals surface area contributed by atoms with Crippen molar-refractivity contribution in [3.8, 4) is 0 Å². The Bertz CT molecular complexity index is 361. The first-order valence-electron chi connectivity index (χ1n) is 6.45. The van der Waals surface area contributed by atoms with Gasteiger partial charge in [-0.25, -0.2) is 0 Å². The number of nitrogens with zero attached hydrogens (tertiary/aromatic N) is 1. The van der Waals surface area contributed by atoms with Crippen molar-refractivity contribution in [3.63, 3.8) is 0 Å². The van der Waals surface area contributed by atoms with Gasteiger partial charge in [-0.2, -0.15) is 0 Å². The number of halogens is 1. The van der Waals surface area contributed by atoms with Crippen molar-refractivity contribution in [2.75, 3.05) is 24.6 Å². The summed E-state index contributed by atoms with van der Waals surface area (Å²) in [4.78, 5) is 2.46. The lowest BCUT2D eigenvalue weighted by Gasteiger charge is -2.29. The van der Waals surface area contributed by atoms with Gasteiger partial charge < -0.3 is 10.0 Å². The Morgan fingerprint density at radius 1 is 1.18 bits per heavy atom. The molecule has 0 spiro atoms. The molecule has 3 heteroatoms. The van der Waals surface area contributed by atoms with E-state index in [-0.39, 0.29) is 6.61 Å². The van der Waals surface area contributed by atoms with E-state index in [1.54, 1.807) is 0 Å². The number of hydrogen-bond acceptors (Lipinski definition) is 2. The molecule has 1 heterocycles. The van der Waals surface area contributed by atoms with Crippen molar-refractivity contribution in [1.82, 2.24) is 0 Å². The molecule has 2 nitrogen and oxygen atoms in total. The summed E-state index contributed by atoms with van der Waals surface area (Å²) >= 11 is 3.67. The van der Waals surface area contributed by atoms with E-state index in [2.05, 4.69) is 39.0 Å². The summed E-state index contributed by atoms with van der Waals surface area (Å²) in [5.74, 6) is 0. The molecule has 0 bridgehead atoms. The highest BCUT2D eigenvalue weighted by atomic mass is 79.9. The summed E-state index contributed by atoms with van der Waals surface area (Å²) in [6.07, 6.45) is 5.77. The van der Waals surface area contributed by atoms with Gasteiger partial charge in [-0.05, 0) is 65.7 Å². The van der Waals surface area contributed by atoms with Crippen molar-refractivity contribution >= 4 is 21.6 Å². The molecule has 2 rings (SSSR count). The number of aryl methyl sites for hydroxylation is 1. The van der Waals surface area contributed by atoms with Crippen LogP contribution in [0.2, 0.25) is 0 Å². The minimum atomic E-state index is 0.269. The van der Waals surface area contributed by atoms with Crippen LogP contribution in [0.15, 0.2) is 22.7 Å². The van der Waals surface area contributed by atoms with Crippen LogP contribution in [0.3, 0.4) is 0 Å². The van der Waals surface area contributed by atoms with E-state index in [0.29, 0.717) is 0 Å². The van der Waals surface area contributed by atoms with Crippen LogP contribution in [0, 0.1) is 0 Å². The van der Waals surface area contributed by atoms with Crippen LogP contribution in [0.5, 0.6) is 0 Å². The number of hydrogen-bond donors (Lipinski definition) is 1. The maximum absolute atomic E-state index is 8.84. The lowest BCUT2D eigenvalue weighted by Crippen LogP contribution is -2.29. The number of rotatable bonds is 4. The van der Waals surface area contributed by atoms with Crippen molar-refractivity contribution in [1.29, 1.82) is 0 Å². The summed E-state index contributed by atoms with van der Waals surface area (Å²) in [7, 11) is 0. The van der Waals surface area contributed by atoms with Gasteiger partial charge in [0.15, 0.2) is 0 Å². The molecule has 1 N–H and O–H groups in total. The molecule has 1 aromatic rings. The van der Waals surface area contributed by atoms with Crippen LogP contribution in [0.4, 0.5) is 5.69 Å². The first-order chi connectivity index (χ1) is 8.31. The SMILES string of the molecule is OCCCc1ccc(N2CCCCC2)c(Br)c1. The Kier molecular flexibility index (Phi) is 4.86. The quantitative estimate of drug-likeness (QED) is 0.921. The summed E-state index contributed by atoms with van der Waals surface area (Å²) < 4.78 is 1.19. The topological polar surface area (TPSA) is 23.5 Å². The zero-order valence-corrected chi connectivity index (χ0v) is 11.7. The van der Waals surface area contributed by atoms with Crippen molar-refractivity contribution in [2.45, 2.75) is 32.1 Å². The average molecular weight is 298 g/mol. The van der Waals surface area contributed by atoms with Gasteiger partial charge in [0, 0.05) is 24.2 Å². The number of anilines is 1. The zero-order valence-electron chi connectivity index (χ0n) is 10.2. The second-order valence-corrected chi connectivity index (χ2v) is 5.51. The maximum Gasteiger partial charge on any atom is 0.0510 e. The highest BCUT2D eigenvalue weighted by Gasteiger charge is 2.13. The van der Waals surface area contributed by atoms with Gasteiger partial charge >= 0.3 is 0 Å². The number of aliphatic hydroxyl groups excluding tert-OH is 1. The Hall–Kier alpha value is -0.540. The second kappa shape index (κ2) is 6.41. The van der Waals surface area contributed by atoms with E-state index >= 15 is 0 Å². The van der Waals surface area contributed by atoms with Gasteiger partial charge in [0.1, 0.15) is 0 Å². The Morgan fingerprint density at radius 3 is 2.59 bits per heavy atom. The van der Waals surface area contributed by atoms with Crippen molar-refractivity contribution in [3.05, 3.63) is 28.2 Å². The molecule has 0 saturated carbocycles. The summed E-state index contributed by atoms with van der Waals surface area (Å²) in [5.41, 5.74) is 2.61. The van der Waals surface area contributed by atoms with E-state index in [1.165, 1.54) is 48.1 Å². The predicted molar refractivity (Wildman–Crippen MR) is 75.6 cm³/mol. The molecule has 0 amide bonds. The van der Waals surface area contributed by atoms with Gasteiger partial charge in [0.05, 0.1) is 5.69 Å². The molecule has 0 atom stereocenters. The van der Waals surface area contributed by atoms with E-state index in [9.17, 15) is 0 Å². The third-order valence-corrected chi connectivity index (χ3v) is 3.97. The first-order valence-corrected chi connectivity index (χ1v) is 7.25. The smallest absolute Gasteiger partial charge is 0.0510 e. The molecule has 1 aliphatic heterocycles. The molecule has 1 aliphatic rings. The summed E-state index contributed by atoms with van der Waals surface area (Å²) in [6, 6.07) is 6.59. The lowest BCUT2D eigenvalue weighted by molar-refractivity contribution is 0.288. The predicted octanol–water partition coefficient (Wildman–Crippen LogP) is 3.36. The fourth-order valence-electron chi connectivity index (χ4n) is 2.38. The van der Waals surface area contributed by atoms with E-state index in [1.807, 2.05) is 0 Å². The fraction of sp³-hybridized carbons (Fsp3) is 0.571. The summed E-state index contributed by atoms with van der Waals surface area (Å²) in [5, 5.41) is 8.84. The van der Waals surface area contributed by atoms with E-state index in [0.717, 1.165) is 12.8 Å². The summed E-state index contributed by atoms with van der Waals surface area (Å²) in [6.45, 7) is 2.62. The Balaban J connectivity index is 2.07. The largest absolute Gasteiger partial charge is 0.396 e. The lowest BCUT2D eigenvalue weighted by atomic mass is 10.1. The molecule has 94 valence electrons. The van der Waals surface area contributed by atoms with Crippen LogP contribution in [0.1, 0.15) is 31.2 Å². The van der Waals surface area contributed by atoms with Crippen LogP contribution in [0.25, 0.3) is 0 Å². The maximum atomic E-state index is 8.84. The molecule has 0 aliphatic carbocycles. The van der Waals surface area contributed by atoms with Crippen molar-refractivity contribution < 1.29 is 5.11 Å². The number of benzene rings is 1. The number of piperidine rings is 1. The fourth-order valence-corrected chi connectivity index (χ4v) is 3.06. The molecule has 17 heavy (non-hydrogen) atoms. The van der Waals surface area contributed by atoms with Crippen LogP contribution in [-0.2, 0) is 6.42 Å². The van der Waals surface area contributed by atoms with Gasteiger partial charge in [-0.15, -0.1) is 0 Å². The van der Waals surface area contributed by atoms with Crippen LogP contribution < -0.4 is 4.90 Å². The average Bonchev–Trinajstić information content (AvgIpc) is 2.37. The van der Waals surface area contributed by atoms with E-state index < -0.39 is 0 Å². The third kappa shape index (κ3) is 3.46. The minimum absolute atomic E-state index is 0.269. The molecule has 0 aromatic heterocycles. The Labute approximate surface area is 112 Å². The Morgan fingerprint density at radius 2 is 1.94 bits per heavy atom. The van der Waals surface area contributed by atoms with Crippen LogP contribution in [-0.4, -0.2) is 24.8 Å². The monoisotopic (exact) mass is 297 g/mol. The molecular formula is C14H20BrNO. The zero-order chi connectivity index (χ0) is 12.1. The second-order valence-electron chi connectivity index (χ2n) is 4.66. The normalized spacial score (nSPS) is 16.2. The molecule has 1 aromatic carbocycles. The standard InChI is InChI=1S/C14H20BrNO/c15-13-11-12(5-4-10-17)6-7-14(13)16-8-2-1-3-9-16/h6-7,11,17H,1-5,8-10H2. The number of aliphatic hydroxyl groups is 1. The van der Waals surface area contributed by atoms with Gasteiger partial charge in [-0.1, -0.05) is 6.07 Å². The molecule has 1 fully saturated rings. The van der Waals surface area contributed by atoms with Gasteiger partial charge in [0.2, 0.25) is 0 Å². The molecular weight excluding hydrogens is 278 g/mol. The van der Waals surface area contributed by atoms with Gasteiger partial charge in [-0.3, -0.25) is 0 Å². The van der Waals surface area contributed by atoms with Crippen LogP contribution >= 0.6 is 15.9 Å². The third-order valence-electron chi connectivity index (χ3n) is 3.33. The molecule has 0 radical (unpaired) electrons. The highest BCUT2D eigenvalue weighted by Crippen LogP contribution is 2.29. The first kappa shape index (κ1) is 12.9. The minimum Gasteiger partial charge on any atom is -0.396 e. The van der Waals surface area contributed by atoms with Gasteiger partial charge in [0.25, 0.3) is 0 Å². The molecule has 1 saturated heterocycles. The highest BCUT2D eigenvalue weighted by molar-refractivity contribution is 9.10.